The first-order chi connectivity index (χ1) is 11.0. The molecule has 2 aromatic carbocycles. The van der Waals surface area contributed by atoms with Gasteiger partial charge in [0.25, 0.3) is 0 Å². The maximum Gasteiger partial charge on any atom is 0.329 e. The zero-order valence-corrected chi connectivity index (χ0v) is 14.8. The average Bonchev–Trinajstić information content (AvgIpc) is 2.59. The summed E-state index contributed by atoms with van der Waals surface area (Å²) >= 11 is 3.51. The van der Waals surface area contributed by atoms with Gasteiger partial charge in [-0.05, 0) is 30.7 Å². The number of benzene rings is 2. The summed E-state index contributed by atoms with van der Waals surface area (Å²) in [6.45, 7) is 2.47. The van der Waals surface area contributed by atoms with E-state index in [0.717, 1.165) is 10.0 Å². The van der Waals surface area contributed by atoms with Gasteiger partial charge in [0.15, 0.2) is 0 Å². The summed E-state index contributed by atoms with van der Waals surface area (Å²) in [5.41, 5.74) is 0.113. The van der Waals surface area contributed by atoms with Gasteiger partial charge in [0.05, 0.1) is 7.11 Å². The van der Waals surface area contributed by atoms with E-state index in [9.17, 15) is 4.79 Å². The lowest BCUT2D eigenvalue weighted by Gasteiger charge is -2.28. The monoisotopic (exact) mass is 377 g/mol. The highest BCUT2D eigenvalue weighted by Gasteiger charge is 2.35. The highest BCUT2D eigenvalue weighted by atomic mass is 79.9. The highest BCUT2D eigenvalue weighted by Crippen LogP contribution is 2.18. The van der Waals surface area contributed by atoms with Crippen LogP contribution in [0.3, 0.4) is 0 Å². The molecule has 2 rings (SSSR count). The number of hydrogen-bond donors (Lipinski definition) is 1. The summed E-state index contributed by atoms with van der Waals surface area (Å²) in [7, 11) is 1.38. The molecule has 1 N–H and O–H groups in total. The summed E-state index contributed by atoms with van der Waals surface area (Å²) in [5, 5.41) is 3.24. The van der Waals surface area contributed by atoms with Gasteiger partial charge in [-0.15, -0.1) is 0 Å². The minimum absolute atomic E-state index is 0.175. The Bertz CT molecular complexity index is 648. The summed E-state index contributed by atoms with van der Waals surface area (Å²) in [4.78, 5) is 12.2. The van der Waals surface area contributed by atoms with Crippen molar-refractivity contribution in [3.05, 3.63) is 64.6 Å². The molecular formula is C18H20BrNO3. The van der Waals surface area contributed by atoms with Gasteiger partial charge in [0, 0.05) is 11.0 Å². The molecule has 0 heterocycles. The lowest BCUT2D eigenvalue weighted by molar-refractivity contribution is -0.149. The van der Waals surface area contributed by atoms with Crippen LogP contribution < -0.4 is 10.1 Å². The summed E-state index contributed by atoms with van der Waals surface area (Å²) in [6.07, 6.45) is 0. The number of para-hydroxylation sites is 1. The van der Waals surface area contributed by atoms with Crippen LogP contribution in [0.25, 0.3) is 0 Å². The molecule has 0 saturated carbocycles. The molecule has 4 nitrogen and oxygen atoms in total. The third-order valence-corrected chi connectivity index (χ3v) is 4.31. The van der Waals surface area contributed by atoms with E-state index in [1.54, 1.807) is 6.92 Å². The molecule has 2 aromatic rings. The Labute approximate surface area is 144 Å². The van der Waals surface area contributed by atoms with Crippen molar-refractivity contribution in [2.24, 2.45) is 0 Å². The van der Waals surface area contributed by atoms with Crippen molar-refractivity contribution in [2.75, 3.05) is 13.7 Å². The number of esters is 1. The molecule has 122 valence electrons. The van der Waals surface area contributed by atoms with Crippen LogP contribution in [0.5, 0.6) is 5.75 Å². The van der Waals surface area contributed by atoms with Crippen LogP contribution >= 0.6 is 15.9 Å². The first-order valence-corrected chi connectivity index (χ1v) is 8.09. The molecule has 0 radical (unpaired) electrons. The molecule has 0 aliphatic heterocycles. The smallest absolute Gasteiger partial charge is 0.329 e. The first kappa shape index (κ1) is 17.5. The topological polar surface area (TPSA) is 47.6 Å². The van der Waals surface area contributed by atoms with E-state index < -0.39 is 5.54 Å². The number of carbonyl (C=O) groups excluding carboxylic acids is 1. The van der Waals surface area contributed by atoms with Crippen LogP contribution in [-0.4, -0.2) is 25.2 Å². The van der Waals surface area contributed by atoms with Crippen molar-refractivity contribution >= 4 is 21.9 Å². The summed E-state index contributed by atoms with van der Waals surface area (Å²) in [5.74, 6) is 0.353. The molecule has 23 heavy (non-hydrogen) atoms. The van der Waals surface area contributed by atoms with Crippen molar-refractivity contribution in [3.8, 4) is 5.75 Å². The maximum atomic E-state index is 12.2. The SMILES string of the molecule is COC(=O)C(C)(COc1ccccc1)NCc1ccccc1Br. The number of halogens is 1. The van der Waals surface area contributed by atoms with Crippen molar-refractivity contribution < 1.29 is 14.3 Å². The normalized spacial score (nSPS) is 13.2. The van der Waals surface area contributed by atoms with Gasteiger partial charge in [-0.1, -0.05) is 52.3 Å². The number of methoxy groups -OCH3 is 1. The molecular weight excluding hydrogens is 358 g/mol. The number of hydrogen-bond acceptors (Lipinski definition) is 4. The van der Waals surface area contributed by atoms with Crippen molar-refractivity contribution in [1.82, 2.24) is 5.32 Å². The molecule has 1 atom stereocenters. The third-order valence-electron chi connectivity index (χ3n) is 3.53. The standard InChI is InChI=1S/C18H20BrNO3/c1-18(17(21)22-2,13-23-15-9-4-3-5-10-15)20-12-14-8-6-7-11-16(14)19/h3-11,20H,12-13H2,1-2H3. The average molecular weight is 378 g/mol. The Balaban J connectivity index is 2.06. The van der Waals surface area contributed by atoms with Crippen LogP contribution in [0.1, 0.15) is 12.5 Å². The quantitative estimate of drug-likeness (QED) is 0.749. The Morgan fingerprint density at radius 2 is 1.78 bits per heavy atom. The van der Waals surface area contributed by atoms with Crippen LogP contribution in [0.2, 0.25) is 0 Å². The van der Waals surface area contributed by atoms with Crippen molar-refractivity contribution in [3.63, 3.8) is 0 Å². The number of ether oxygens (including phenoxy) is 2. The molecule has 0 aromatic heterocycles. The molecule has 0 amide bonds. The van der Waals surface area contributed by atoms with E-state index in [0.29, 0.717) is 12.3 Å². The minimum atomic E-state index is -0.945. The van der Waals surface area contributed by atoms with Crippen LogP contribution in [0.4, 0.5) is 0 Å². The second kappa shape index (κ2) is 8.13. The van der Waals surface area contributed by atoms with Crippen molar-refractivity contribution in [2.45, 2.75) is 19.0 Å². The molecule has 0 spiro atoms. The Hall–Kier alpha value is -1.85. The predicted octanol–water partition coefficient (Wildman–Crippen LogP) is 3.55. The van der Waals surface area contributed by atoms with Crippen LogP contribution in [0.15, 0.2) is 59.1 Å². The zero-order valence-electron chi connectivity index (χ0n) is 13.2. The first-order valence-electron chi connectivity index (χ1n) is 7.30. The van der Waals surface area contributed by atoms with Gasteiger partial charge in [-0.2, -0.15) is 0 Å². The second-order valence-corrected chi connectivity index (χ2v) is 6.22. The van der Waals surface area contributed by atoms with Gasteiger partial charge in [0.1, 0.15) is 17.9 Å². The lowest BCUT2D eigenvalue weighted by atomic mass is 10.0. The maximum absolute atomic E-state index is 12.2. The van der Waals surface area contributed by atoms with E-state index in [1.165, 1.54) is 7.11 Å². The van der Waals surface area contributed by atoms with E-state index >= 15 is 0 Å². The number of nitrogens with one attached hydrogen (secondary N) is 1. The van der Waals surface area contributed by atoms with Gasteiger partial charge >= 0.3 is 5.97 Å². The fourth-order valence-corrected chi connectivity index (χ4v) is 2.51. The molecule has 5 heteroatoms. The largest absolute Gasteiger partial charge is 0.491 e. The number of rotatable bonds is 7. The Morgan fingerprint density at radius 3 is 2.43 bits per heavy atom. The van der Waals surface area contributed by atoms with Gasteiger partial charge in [-0.3, -0.25) is 5.32 Å². The number of carbonyl (C=O) groups is 1. The van der Waals surface area contributed by atoms with E-state index in [2.05, 4.69) is 21.2 Å². The molecule has 0 fully saturated rings. The predicted molar refractivity (Wildman–Crippen MR) is 93.3 cm³/mol. The highest BCUT2D eigenvalue weighted by molar-refractivity contribution is 9.10. The van der Waals surface area contributed by atoms with E-state index in [1.807, 2.05) is 54.6 Å². The molecule has 0 aliphatic rings. The Morgan fingerprint density at radius 1 is 1.13 bits per heavy atom. The van der Waals surface area contributed by atoms with Crippen molar-refractivity contribution in [1.29, 1.82) is 0 Å². The van der Waals surface area contributed by atoms with Gasteiger partial charge in [-0.25, -0.2) is 4.79 Å². The Kier molecular flexibility index (Phi) is 6.19. The zero-order chi connectivity index (χ0) is 16.7. The minimum Gasteiger partial charge on any atom is -0.491 e. The fraction of sp³-hybridized carbons (Fsp3) is 0.278. The fourth-order valence-electron chi connectivity index (χ4n) is 2.08. The lowest BCUT2D eigenvalue weighted by Crippen LogP contribution is -2.54. The molecule has 0 bridgehead atoms. The molecule has 1 unspecified atom stereocenters. The summed E-state index contributed by atoms with van der Waals surface area (Å²) < 4.78 is 11.7. The van der Waals surface area contributed by atoms with E-state index in [-0.39, 0.29) is 12.6 Å². The summed E-state index contributed by atoms with van der Waals surface area (Å²) in [6, 6.07) is 17.3. The van der Waals surface area contributed by atoms with E-state index in [4.69, 9.17) is 9.47 Å². The van der Waals surface area contributed by atoms with Gasteiger partial charge in [0.2, 0.25) is 0 Å². The van der Waals surface area contributed by atoms with Crippen LogP contribution in [0, 0.1) is 0 Å². The molecule has 0 saturated heterocycles. The third kappa shape index (κ3) is 4.81. The second-order valence-electron chi connectivity index (χ2n) is 5.37. The molecule has 0 aliphatic carbocycles. The van der Waals surface area contributed by atoms with Crippen LogP contribution in [-0.2, 0) is 16.1 Å². The van der Waals surface area contributed by atoms with Gasteiger partial charge < -0.3 is 9.47 Å².